The summed E-state index contributed by atoms with van der Waals surface area (Å²) in [6, 6.07) is 3.88. The summed E-state index contributed by atoms with van der Waals surface area (Å²) < 4.78 is 6.27. The van der Waals surface area contributed by atoms with Crippen molar-refractivity contribution in [1.29, 1.82) is 0 Å². The minimum atomic E-state index is -0.318. The van der Waals surface area contributed by atoms with Crippen molar-refractivity contribution in [2.24, 2.45) is 0 Å². The highest BCUT2D eigenvalue weighted by Gasteiger charge is 2.07. The third kappa shape index (κ3) is 3.88. The van der Waals surface area contributed by atoms with Crippen LogP contribution in [0.5, 0.6) is 0 Å². The van der Waals surface area contributed by atoms with Crippen LogP contribution in [-0.4, -0.2) is 37.0 Å². The van der Waals surface area contributed by atoms with Crippen LogP contribution in [0, 0.1) is 0 Å². The first-order valence-corrected chi connectivity index (χ1v) is 6.41. The SMILES string of the molecule is CC(C)(C)OC=O.c1cn(-c2ccnc3[nH]ccc23)nn1. The Bertz CT molecular complexity index is 698. The average molecular weight is 287 g/mol. The van der Waals surface area contributed by atoms with Crippen molar-refractivity contribution in [3.63, 3.8) is 0 Å². The average Bonchev–Trinajstić information content (AvgIpc) is 3.09. The van der Waals surface area contributed by atoms with E-state index in [1.165, 1.54) is 0 Å². The lowest BCUT2D eigenvalue weighted by Crippen LogP contribution is -2.17. The molecule has 0 amide bonds. The van der Waals surface area contributed by atoms with Gasteiger partial charge in [-0.3, -0.25) is 4.79 Å². The summed E-state index contributed by atoms with van der Waals surface area (Å²) >= 11 is 0. The van der Waals surface area contributed by atoms with Gasteiger partial charge in [-0.1, -0.05) is 5.21 Å². The van der Waals surface area contributed by atoms with Crippen LogP contribution < -0.4 is 0 Å². The molecule has 0 aromatic carbocycles. The van der Waals surface area contributed by atoms with Gasteiger partial charge in [0.2, 0.25) is 0 Å². The maximum atomic E-state index is 9.60. The van der Waals surface area contributed by atoms with E-state index in [0.717, 1.165) is 16.7 Å². The molecule has 0 aliphatic carbocycles. The van der Waals surface area contributed by atoms with Crippen LogP contribution in [0.3, 0.4) is 0 Å². The van der Waals surface area contributed by atoms with Crippen LogP contribution in [-0.2, 0) is 9.53 Å². The van der Waals surface area contributed by atoms with Gasteiger partial charge in [0.15, 0.2) is 0 Å². The van der Waals surface area contributed by atoms with E-state index < -0.39 is 0 Å². The van der Waals surface area contributed by atoms with Gasteiger partial charge in [0.25, 0.3) is 6.47 Å². The minimum absolute atomic E-state index is 0.318. The molecule has 0 radical (unpaired) electrons. The van der Waals surface area contributed by atoms with Crippen molar-refractivity contribution in [3.8, 4) is 5.69 Å². The number of nitrogens with one attached hydrogen (secondary N) is 1. The Balaban J connectivity index is 0.000000199. The van der Waals surface area contributed by atoms with Crippen LogP contribution in [0.4, 0.5) is 0 Å². The van der Waals surface area contributed by atoms with Crippen LogP contribution in [0.2, 0.25) is 0 Å². The lowest BCUT2D eigenvalue weighted by Gasteiger charge is -2.14. The zero-order valence-corrected chi connectivity index (χ0v) is 12.1. The van der Waals surface area contributed by atoms with Gasteiger partial charge in [0.1, 0.15) is 11.2 Å². The van der Waals surface area contributed by atoms with Crippen molar-refractivity contribution >= 4 is 17.5 Å². The summed E-state index contributed by atoms with van der Waals surface area (Å²) in [6.45, 7) is 5.92. The number of nitrogens with zero attached hydrogens (tertiary/aromatic N) is 4. The van der Waals surface area contributed by atoms with Crippen molar-refractivity contribution in [2.45, 2.75) is 26.4 Å². The molecule has 7 nitrogen and oxygen atoms in total. The quantitative estimate of drug-likeness (QED) is 0.729. The van der Waals surface area contributed by atoms with Gasteiger partial charge in [-0.15, -0.1) is 5.10 Å². The molecule has 3 aromatic heterocycles. The lowest BCUT2D eigenvalue weighted by atomic mass is 10.2. The minimum Gasteiger partial charge on any atom is -0.462 e. The number of rotatable bonds is 2. The molecule has 110 valence electrons. The normalized spacial score (nSPS) is 10.8. The molecule has 0 atom stereocenters. The van der Waals surface area contributed by atoms with Crippen LogP contribution >= 0.6 is 0 Å². The van der Waals surface area contributed by atoms with E-state index in [-0.39, 0.29) is 5.60 Å². The third-order valence-corrected chi connectivity index (χ3v) is 2.51. The lowest BCUT2D eigenvalue weighted by molar-refractivity contribution is -0.138. The summed E-state index contributed by atoms with van der Waals surface area (Å²) in [6.07, 6.45) is 7.06. The van der Waals surface area contributed by atoms with Gasteiger partial charge in [-0.25, -0.2) is 9.67 Å². The number of hydrogen-bond donors (Lipinski definition) is 1. The largest absolute Gasteiger partial charge is 0.462 e. The second-order valence-electron chi connectivity index (χ2n) is 5.24. The summed E-state index contributed by atoms with van der Waals surface area (Å²) in [5, 5.41) is 8.75. The summed E-state index contributed by atoms with van der Waals surface area (Å²) in [4.78, 5) is 16.8. The Kier molecular flexibility index (Phi) is 4.32. The molecule has 0 unspecified atom stereocenters. The number of fused-ring (bicyclic) bond motifs is 1. The fraction of sp³-hybridized carbons (Fsp3) is 0.286. The van der Waals surface area contributed by atoms with Gasteiger partial charge in [0, 0.05) is 17.8 Å². The number of carbonyl (C=O) groups is 1. The van der Waals surface area contributed by atoms with E-state index in [1.54, 1.807) is 17.1 Å². The highest BCUT2D eigenvalue weighted by atomic mass is 16.5. The molecule has 7 heteroatoms. The Morgan fingerprint density at radius 2 is 2.10 bits per heavy atom. The molecule has 21 heavy (non-hydrogen) atoms. The maximum absolute atomic E-state index is 9.60. The Morgan fingerprint density at radius 3 is 2.67 bits per heavy atom. The summed E-state index contributed by atoms with van der Waals surface area (Å²) in [5.41, 5.74) is 1.52. The number of H-pyrrole nitrogens is 1. The standard InChI is InChI=1S/C9H7N5.C5H10O2/c1-3-10-9-7(1)8(2-4-11-9)14-6-5-12-13-14;1-5(2,3)7-4-6/h1-6H,(H,10,11);4H,1-3H3. The predicted molar refractivity (Wildman–Crippen MR) is 77.9 cm³/mol. The van der Waals surface area contributed by atoms with Crippen molar-refractivity contribution in [3.05, 3.63) is 36.9 Å². The first kappa shape index (κ1) is 14.7. The first-order valence-electron chi connectivity index (χ1n) is 6.41. The summed E-state index contributed by atoms with van der Waals surface area (Å²) in [5.74, 6) is 0. The van der Waals surface area contributed by atoms with Crippen molar-refractivity contribution in [2.75, 3.05) is 0 Å². The van der Waals surface area contributed by atoms with Crippen LogP contribution in [0.25, 0.3) is 16.7 Å². The van der Waals surface area contributed by atoms with E-state index in [4.69, 9.17) is 0 Å². The van der Waals surface area contributed by atoms with Gasteiger partial charge < -0.3 is 9.72 Å². The monoisotopic (exact) mass is 287 g/mol. The molecule has 3 rings (SSSR count). The molecule has 3 heterocycles. The fourth-order valence-electron chi connectivity index (χ4n) is 1.63. The second kappa shape index (κ2) is 6.17. The topological polar surface area (TPSA) is 85.7 Å². The van der Waals surface area contributed by atoms with E-state index in [9.17, 15) is 4.79 Å². The molecule has 0 spiro atoms. The maximum Gasteiger partial charge on any atom is 0.293 e. The van der Waals surface area contributed by atoms with E-state index in [0.29, 0.717) is 6.47 Å². The smallest absolute Gasteiger partial charge is 0.293 e. The van der Waals surface area contributed by atoms with Crippen molar-refractivity contribution in [1.82, 2.24) is 25.0 Å². The molecular formula is C14H17N5O2. The molecule has 0 saturated heterocycles. The van der Waals surface area contributed by atoms with E-state index >= 15 is 0 Å². The highest BCUT2D eigenvalue weighted by molar-refractivity contribution is 5.84. The second-order valence-corrected chi connectivity index (χ2v) is 5.24. The van der Waals surface area contributed by atoms with Gasteiger partial charge in [-0.05, 0) is 32.9 Å². The van der Waals surface area contributed by atoms with E-state index in [1.807, 2.05) is 45.3 Å². The van der Waals surface area contributed by atoms with Crippen LogP contribution in [0.1, 0.15) is 20.8 Å². The molecular weight excluding hydrogens is 270 g/mol. The Labute approximate surface area is 121 Å². The molecule has 0 bridgehead atoms. The Hall–Kier alpha value is -2.70. The first-order chi connectivity index (χ1) is 10.0. The number of carbonyl (C=O) groups excluding carboxylic acids is 1. The molecule has 0 aliphatic heterocycles. The molecule has 0 fully saturated rings. The number of hydrogen-bond acceptors (Lipinski definition) is 5. The molecule has 3 aromatic rings. The number of pyridine rings is 1. The number of ether oxygens (including phenoxy) is 1. The van der Waals surface area contributed by atoms with Gasteiger partial charge in [-0.2, -0.15) is 0 Å². The highest BCUT2D eigenvalue weighted by Crippen LogP contribution is 2.17. The molecule has 0 saturated carbocycles. The molecule has 0 aliphatic rings. The number of aromatic amines is 1. The van der Waals surface area contributed by atoms with Gasteiger partial charge >= 0.3 is 0 Å². The van der Waals surface area contributed by atoms with E-state index in [2.05, 4.69) is 25.0 Å². The third-order valence-electron chi connectivity index (χ3n) is 2.51. The fourth-order valence-corrected chi connectivity index (χ4v) is 1.63. The van der Waals surface area contributed by atoms with Crippen molar-refractivity contribution < 1.29 is 9.53 Å². The number of aromatic nitrogens is 5. The zero-order chi connectivity index (χ0) is 15.3. The molecule has 1 N–H and O–H groups in total. The zero-order valence-electron chi connectivity index (χ0n) is 12.1. The Morgan fingerprint density at radius 1 is 1.29 bits per heavy atom. The van der Waals surface area contributed by atoms with Gasteiger partial charge in [0.05, 0.1) is 18.1 Å². The van der Waals surface area contributed by atoms with Crippen LogP contribution in [0.15, 0.2) is 36.9 Å². The summed E-state index contributed by atoms with van der Waals surface area (Å²) in [7, 11) is 0. The predicted octanol–water partition coefficient (Wildman–Crippen LogP) is 2.10.